The molecule has 2 atom stereocenters. The van der Waals surface area contributed by atoms with Gasteiger partial charge in [-0.25, -0.2) is 0 Å². The van der Waals surface area contributed by atoms with Gasteiger partial charge in [0.25, 0.3) is 0 Å². The molecule has 0 amide bonds. The smallest absolute Gasteiger partial charge is 0.119 e. The zero-order valence-corrected chi connectivity index (χ0v) is 10.4. The van der Waals surface area contributed by atoms with Gasteiger partial charge in [-0.2, -0.15) is 0 Å². The third kappa shape index (κ3) is 1.78. The maximum Gasteiger partial charge on any atom is 0.119 e. The van der Waals surface area contributed by atoms with E-state index in [2.05, 4.69) is 17.0 Å². The average molecular weight is 232 g/mol. The van der Waals surface area contributed by atoms with Crippen LogP contribution in [0.4, 0.5) is 5.69 Å². The first-order chi connectivity index (χ1) is 8.29. The number of anilines is 1. The second-order valence-electron chi connectivity index (χ2n) is 5.09. The Bertz CT molecular complexity index is 419. The lowest BCUT2D eigenvalue weighted by Crippen LogP contribution is -2.53. The number of nitrogens with zero attached hydrogens (tertiary/aromatic N) is 1. The molecule has 3 rings (SSSR count). The summed E-state index contributed by atoms with van der Waals surface area (Å²) in [5, 5.41) is 0. The van der Waals surface area contributed by atoms with Gasteiger partial charge < -0.3 is 15.4 Å². The highest BCUT2D eigenvalue weighted by atomic mass is 16.5. The van der Waals surface area contributed by atoms with Crippen LogP contribution in [-0.2, 0) is 6.42 Å². The molecule has 2 unspecified atom stereocenters. The Kier molecular flexibility index (Phi) is 2.71. The van der Waals surface area contributed by atoms with E-state index in [0.29, 0.717) is 6.04 Å². The van der Waals surface area contributed by atoms with Crippen molar-refractivity contribution < 1.29 is 4.74 Å². The number of hydrogen-bond donors (Lipinski definition) is 1. The van der Waals surface area contributed by atoms with Gasteiger partial charge in [0.1, 0.15) is 5.75 Å². The minimum atomic E-state index is 0.196. The fraction of sp³-hybridized carbons (Fsp3) is 0.571. The number of benzene rings is 1. The van der Waals surface area contributed by atoms with E-state index >= 15 is 0 Å². The maximum absolute atomic E-state index is 6.27. The molecule has 0 aromatic heterocycles. The lowest BCUT2D eigenvalue weighted by atomic mass is 9.88. The third-order valence-corrected chi connectivity index (χ3v) is 4.10. The summed E-state index contributed by atoms with van der Waals surface area (Å²) in [5.74, 6) is 0.952. The monoisotopic (exact) mass is 232 g/mol. The molecule has 1 fully saturated rings. The number of rotatable bonds is 1. The molecule has 2 aliphatic heterocycles. The highest BCUT2D eigenvalue weighted by molar-refractivity contribution is 5.59. The molecule has 17 heavy (non-hydrogen) atoms. The van der Waals surface area contributed by atoms with Crippen LogP contribution in [0.2, 0.25) is 0 Å². The number of hydrogen-bond acceptors (Lipinski definition) is 3. The summed E-state index contributed by atoms with van der Waals surface area (Å²) in [5.41, 5.74) is 8.98. The molecule has 0 saturated carbocycles. The summed E-state index contributed by atoms with van der Waals surface area (Å²) < 4.78 is 5.29. The standard InChI is InChI=1S/C14H20N2O/c1-17-12-7-8-13-10(9-12)5-6-11-3-2-4-14(15)16(11)13/h7-9,11,14H,2-6,15H2,1H3. The number of fused-ring (bicyclic) bond motifs is 3. The second kappa shape index (κ2) is 4.22. The lowest BCUT2D eigenvalue weighted by Gasteiger charge is -2.46. The predicted octanol–water partition coefficient (Wildman–Crippen LogP) is 2.29. The van der Waals surface area contributed by atoms with Crippen molar-refractivity contribution in [3.8, 4) is 5.75 Å². The summed E-state index contributed by atoms with van der Waals surface area (Å²) >= 11 is 0. The largest absolute Gasteiger partial charge is 0.497 e. The SMILES string of the molecule is COc1ccc2c(c1)CCC1CCCC(N)N21. The van der Waals surface area contributed by atoms with Crippen molar-refractivity contribution >= 4 is 5.69 Å². The Labute approximate surface area is 103 Å². The molecular formula is C14H20N2O. The van der Waals surface area contributed by atoms with Crippen molar-refractivity contribution in [1.29, 1.82) is 0 Å². The zero-order valence-electron chi connectivity index (χ0n) is 10.4. The summed E-state index contributed by atoms with van der Waals surface area (Å²) in [6.45, 7) is 0. The quantitative estimate of drug-likeness (QED) is 0.807. The van der Waals surface area contributed by atoms with Gasteiger partial charge >= 0.3 is 0 Å². The number of piperidine rings is 1. The summed E-state index contributed by atoms with van der Waals surface area (Å²) in [6, 6.07) is 7.03. The van der Waals surface area contributed by atoms with Crippen molar-refractivity contribution in [3.05, 3.63) is 23.8 Å². The molecule has 92 valence electrons. The second-order valence-corrected chi connectivity index (χ2v) is 5.09. The van der Waals surface area contributed by atoms with Crippen LogP contribution in [0.15, 0.2) is 18.2 Å². The van der Waals surface area contributed by atoms with Gasteiger partial charge in [-0.15, -0.1) is 0 Å². The number of aryl methyl sites for hydroxylation is 1. The first-order valence-corrected chi connectivity index (χ1v) is 6.50. The molecule has 0 aliphatic carbocycles. The molecule has 2 aliphatic rings. The summed E-state index contributed by atoms with van der Waals surface area (Å²) in [6.07, 6.45) is 6.25. The van der Waals surface area contributed by atoms with Crippen molar-refractivity contribution in [3.63, 3.8) is 0 Å². The van der Waals surface area contributed by atoms with Crippen LogP contribution in [-0.4, -0.2) is 19.3 Å². The molecule has 0 radical (unpaired) electrons. The topological polar surface area (TPSA) is 38.5 Å². The molecule has 0 bridgehead atoms. The lowest BCUT2D eigenvalue weighted by molar-refractivity contribution is 0.359. The van der Waals surface area contributed by atoms with Crippen molar-refractivity contribution in [2.24, 2.45) is 5.73 Å². The summed E-state index contributed by atoms with van der Waals surface area (Å²) in [4.78, 5) is 2.43. The van der Waals surface area contributed by atoms with Crippen LogP contribution in [0.5, 0.6) is 5.75 Å². The molecule has 3 nitrogen and oxygen atoms in total. The molecule has 1 saturated heterocycles. The zero-order chi connectivity index (χ0) is 11.8. The van der Waals surface area contributed by atoms with E-state index in [9.17, 15) is 0 Å². The molecular weight excluding hydrogens is 212 g/mol. The van der Waals surface area contributed by atoms with Gasteiger partial charge in [0.2, 0.25) is 0 Å². The molecule has 2 N–H and O–H groups in total. The third-order valence-electron chi connectivity index (χ3n) is 4.10. The number of ether oxygens (including phenoxy) is 1. The van der Waals surface area contributed by atoms with E-state index in [-0.39, 0.29) is 6.17 Å². The van der Waals surface area contributed by atoms with Crippen molar-refractivity contribution in [2.75, 3.05) is 12.0 Å². The van der Waals surface area contributed by atoms with Crippen LogP contribution in [0, 0.1) is 0 Å². The summed E-state index contributed by atoms with van der Waals surface area (Å²) in [7, 11) is 1.72. The van der Waals surface area contributed by atoms with E-state index < -0.39 is 0 Å². The minimum Gasteiger partial charge on any atom is -0.497 e. The van der Waals surface area contributed by atoms with Gasteiger partial charge in [-0.05, 0) is 55.9 Å². The van der Waals surface area contributed by atoms with Gasteiger partial charge in [-0.3, -0.25) is 0 Å². The molecule has 1 aromatic rings. The highest BCUT2D eigenvalue weighted by Gasteiger charge is 2.32. The van der Waals surface area contributed by atoms with Crippen molar-refractivity contribution in [1.82, 2.24) is 0 Å². The van der Waals surface area contributed by atoms with Crippen LogP contribution >= 0.6 is 0 Å². The highest BCUT2D eigenvalue weighted by Crippen LogP contribution is 2.38. The fourth-order valence-corrected chi connectivity index (χ4v) is 3.23. The first kappa shape index (κ1) is 10.9. The first-order valence-electron chi connectivity index (χ1n) is 6.50. The number of methoxy groups -OCH3 is 1. The van der Waals surface area contributed by atoms with Gasteiger partial charge in [0, 0.05) is 11.7 Å². The Morgan fingerprint density at radius 1 is 1.29 bits per heavy atom. The Morgan fingerprint density at radius 2 is 2.18 bits per heavy atom. The van der Waals surface area contributed by atoms with E-state index in [1.165, 1.54) is 30.5 Å². The fourth-order valence-electron chi connectivity index (χ4n) is 3.23. The van der Waals surface area contributed by atoms with Gasteiger partial charge in [0.15, 0.2) is 0 Å². The van der Waals surface area contributed by atoms with Crippen molar-refractivity contribution in [2.45, 2.75) is 44.3 Å². The maximum atomic E-state index is 6.27. The van der Waals surface area contributed by atoms with E-state index in [0.717, 1.165) is 18.6 Å². The molecule has 0 spiro atoms. The minimum absolute atomic E-state index is 0.196. The molecule has 1 aromatic carbocycles. The number of nitrogens with two attached hydrogens (primary N) is 1. The van der Waals surface area contributed by atoms with E-state index in [1.807, 2.05) is 6.07 Å². The van der Waals surface area contributed by atoms with Gasteiger partial charge in [0.05, 0.1) is 13.3 Å². The molecule has 2 heterocycles. The average Bonchev–Trinajstić information content (AvgIpc) is 2.38. The van der Waals surface area contributed by atoms with Crippen LogP contribution in [0.25, 0.3) is 0 Å². The van der Waals surface area contributed by atoms with E-state index in [1.54, 1.807) is 7.11 Å². The van der Waals surface area contributed by atoms with E-state index in [4.69, 9.17) is 10.5 Å². The normalized spacial score (nSPS) is 27.3. The Balaban J connectivity index is 1.99. The van der Waals surface area contributed by atoms with Crippen LogP contribution < -0.4 is 15.4 Å². The predicted molar refractivity (Wildman–Crippen MR) is 69.4 cm³/mol. The van der Waals surface area contributed by atoms with Crippen LogP contribution in [0.1, 0.15) is 31.2 Å². The van der Waals surface area contributed by atoms with Gasteiger partial charge in [-0.1, -0.05) is 0 Å². The Hall–Kier alpha value is -1.22. The Morgan fingerprint density at radius 3 is 3.00 bits per heavy atom. The molecule has 3 heteroatoms. The van der Waals surface area contributed by atoms with Crippen LogP contribution in [0.3, 0.4) is 0 Å².